The number of halogens is 1. The van der Waals surface area contributed by atoms with Gasteiger partial charge in [0, 0.05) is 4.47 Å². The maximum Gasteiger partial charge on any atom is 0.339 e. The van der Waals surface area contributed by atoms with Crippen LogP contribution in [0.5, 0.6) is 11.5 Å². The second-order valence-electron chi connectivity index (χ2n) is 4.75. The van der Waals surface area contributed by atoms with Crippen molar-refractivity contribution in [2.75, 3.05) is 0 Å². The van der Waals surface area contributed by atoms with E-state index in [2.05, 4.69) is 22.0 Å². The first-order valence-corrected chi connectivity index (χ1v) is 6.96. The molecule has 2 aromatic carbocycles. The zero-order chi connectivity index (χ0) is 14.9. The molecule has 0 saturated heterocycles. The van der Waals surface area contributed by atoms with Crippen molar-refractivity contribution >= 4 is 21.9 Å². The Morgan fingerprint density at radius 2 is 1.80 bits per heavy atom. The Morgan fingerprint density at radius 1 is 1.10 bits per heavy atom. The second kappa shape index (κ2) is 5.67. The monoisotopic (exact) mass is 334 g/mol. The minimum atomic E-state index is -1.01. The third-order valence-corrected chi connectivity index (χ3v) is 3.65. The third-order valence-electron chi connectivity index (χ3n) is 3.16. The van der Waals surface area contributed by atoms with Gasteiger partial charge in [-0.1, -0.05) is 22.0 Å². The molecule has 0 aliphatic rings. The number of hydrogen-bond donors (Lipinski definition) is 1. The number of carboxylic acids is 1. The number of aromatic carboxylic acids is 1. The van der Waals surface area contributed by atoms with E-state index in [1.54, 1.807) is 12.1 Å². The largest absolute Gasteiger partial charge is 0.478 e. The molecule has 1 N–H and O–H groups in total. The molecule has 0 radical (unpaired) electrons. The summed E-state index contributed by atoms with van der Waals surface area (Å²) in [4.78, 5) is 11.2. The van der Waals surface area contributed by atoms with Crippen LogP contribution in [0.1, 0.15) is 27.0 Å². The van der Waals surface area contributed by atoms with Crippen molar-refractivity contribution in [3.05, 3.63) is 57.1 Å². The number of rotatable bonds is 3. The first-order chi connectivity index (χ1) is 9.38. The molecule has 0 heterocycles. The molecule has 0 aliphatic heterocycles. The summed E-state index contributed by atoms with van der Waals surface area (Å²) < 4.78 is 6.61. The Labute approximate surface area is 126 Å². The number of ether oxygens (including phenoxy) is 1. The summed E-state index contributed by atoms with van der Waals surface area (Å²) >= 11 is 3.33. The smallest absolute Gasteiger partial charge is 0.339 e. The topological polar surface area (TPSA) is 46.5 Å². The molecule has 0 aromatic heterocycles. The lowest BCUT2D eigenvalue weighted by Gasteiger charge is -2.14. The number of carbonyl (C=O) groups is 1. The van der Waals surface area contributed by atoms with Crippen LogP contribution < -0.4 is 4.74 Å². The highest BCUT2D eigenvalue weighted by Crippen LogP contribution is 2.32. The Kier molecular flexibility index (Phi) is 4.14. The summed E-state index contributed by atoms with van der Waals surface area (Å²) in [6, 6.07) is 8.86. The summed E-state index contributed by atoms with van der Waals surface area (Å²) in [5.74, 6) is 0.0117. The van der Waals surface area contributed by atoms with Crippen LogP contribution in [0.15, 0.2) is 34.8 Å². The van der Waals surface area contributed by atoms with Gasteiger partial charge in [0.25, 0.3) is 0 Å². The zero-order valence-electron chi connectivity index (χ0n) is 11.5. The maximum absolute atomic E-state index is 11.2. The Balaban J connectivity index is 2.50. The fourth-order valence-electron chi connectivity index (χ4n) is 1.98. The molecule has 20 heavy (non-hydrogen) atoms. The zero-order valence-corrected chi connectivity index (χ0v) is 13.1. The summed E-state index contributed by atoms with van der Waals surface area (Å²) in [6.07, 6.45) is 0. The van der Waals surface area contributed by atoms with E-state index in [0.29, 0.717) is 11.5 Å². The van der Waals surface area contributed by atoms with Crippen LogP contribution in [0.25, 0.3) is 0 Å². The van der Waals surface area contributed by atoms with Gasteiger partial charge in [0.1, 0.15) is 17.1 Å². The highest BCUT2D eigenvalue weighted by Gasteiger charge is 2.14. The Bertz CT molecular complexity index is 678. The van der Waals surface area contributed by atoms with Crippen molar-refractivity contribution in [1.29, 1.82) is 0 Å². The van der Waals surface area contributed by atoms with E-state index in [9.17, 15) is 9.90 Å². The molecule has 0 spiro atoms. The Morgan fingerprint density at radius 3 is 2.45 bits per heavy atom. The van der Waals surface area contributed by atoms with E-state index in [4.69, 9.17) is 4.74 Å². The van der Waals surface area contributed by atoms with Crippen molar-refractivity contribution in [2.45, 2.75) is 20.8 Å². The average Bonchev–Trinajstić information content (AvgIpc) is 2.35. The summed E-state index contributed by atoms with van der Waals surface area (Å²) in [5, 5.41) is 9.22. The Hall–Kier alpha value is -1.81. The highest BCUT2D eigenvalue weighted by molar-refractivity contribution is 9.10. The highest BCUT2D eigenvalue weighted by atomic mass is 79.9. The summed E-state index contributed by atoms with van der Waals surface area (Å²) in [5.41, 5.74) is 3.35. The average molecular weight is 335 g/mol. The van der Waals surface area contributed by atoms with Gasteiger partial charge in [-0.3, -0.25) is 0 Å². The van der Waals surface area contributed by atoms with Crippen LogP contribution in [0.4, 0.5) is 0 Å². The number of aryl methyl sites for hydroxylation is 2. The van der Waals surface area contributed by atoms with Gasteiger partial charge >= 0.3 is 5.97 Å². The molecule has 0 atom stereocenters. The molecule has 0 unspecified atom stereocenters. The predicted octanol–water partition coefficient (Wildman–Crippen LogP) is 4.86. The normalized spacial score (nSPS) is 10.4. The standard InChI is InChI=1S/C16H15BrO3/c1-9-6-10(2)11(3)14(7-9)20-15-8-12(17)4-5-13(15)16(18)19/h4-8H,1-3H3,(H,18,19). The molecule has 0 saturated carbocycles. The van der Waals surface area contributed by atoms with Crippen molar-refractivity contribution < 1.29 is 14.6 Å². The van der Waals surface area contributed by atoms with Crippen molar-refractivity contribution in [2.24, 2.45) is 0 Å². The predicted molar refractivity (Wildman–Crippen MR) is 81.8 cm³/mol. The SMILES string of the molecule is Cc1cc(C)c(C)c(Oc2cc(Br)ccc2C(=O)O)c1. The fourth-order valence-corrected chi connectivity index (χ4v) is 2.32. The van der Waals surface area contributed by atoms with E-state index < -0.39 is 5.97 Å². The van der Waals surface area contributed by atoms with Gasteiger partial charge < -0.3 is 9.84 Å². The van der Waals surface area contributed by atoms with Crippen LogP contribution >= 0.6 is 15.9 Å². The van der Waals surface area contributed by atoms with Crippen molar-refractivity contribution in [3.8, 4) is 11.5 Å². The summed E-state index contributed by atoms with van der Waals surface area (Å²) in [7, 11) is 0. The first kappa shape index (κ1) is 14.6. The first-order valence-electron chi connectivity index (χ1n) is 6.17. The molecular formula is C16H15BrO3. The van der Waals surface area contributed by atoms with E-state index in [0.717, 1.165) is 21.2 Å². The second-order valence-corrected chi connectivity index (χ2v) is 5.67. The van der Waals surface area contributed by atoms with Crippen LogP contribution in [0.3, 0.4) is 0 Å². The van der Waals surface area contributed by atoms with E-state index >= 15 is 0 Å². The van der Waals surface area contributed by atoms with Gasteiger partial charge in [-0.15, -0.1) is 0 Å². The van der Waals surface area contributed by atoms with Crippen molar-refractivity contribution in [3.63, 3.8) is 0 Å². The van der Waals surface area contributed by atoms with Gasteiger partial charge in [0.2, 0.25) is 0 Å². The molecule has 2 rings (SSSR count). The molecule has 3 nitrogen and oxygen atoms in total. The lowest BCUT2D eigenvalue weighted by molar-refractivity contribution is 0.0694. The fraction of sp³-hybridized carbons (Fsp3) is 0.188. The molecular weight excluding hydrogens is 320 g/mol. The van der Waals surface area contributed by atoms with Crippen LogP contribution in [0.2, 0.25) is 0 Å². The molecule has 2 aromatic rings. The van der Waals surface area contributed by atoms with Crippen LogP contribution in [-0.4, -0.2) is 11.1 Å². The van der Waals surface area contributed by atoms with Crippen molar-refractivity contribution in [1.82, 2.24) is 0 Å². The van der Waals surface area contributed by atoms with Crippen LogP contribution in [0, 0.1) is 20.8 Å². The molecule has 4 heteroatoms. The maximum atomic E-state index is 11.2. The van der Waals surface area contributed by atoms with Gasteiger partial charge in [-0.25, -0.2) is 4.79 Å². The molecule has 0 aliphatic carbocycles. The van der Waals surface area contributed by atoms with Crippen LogP contribution in [-0.2, 0) is 0 Å². The van der Waals surface area contributed by atoms with Gasteiger partial charge in [-0.05, 0) is 61.7 Å². The molecule has 104 valence electrons. The van der Waals surface area contributed by atoms with E-state index in [1.165, 1.54) is 6.07 Å². The number of benzene rings is 2. The van der Waals surface area contributed by atoms with Gasteiger partial charge in [0.05, 0.1) is 0 Å². The minimum Gasteiger partial charge on any atom is -0.478 e. The van der Waals surface area contributed by atoms with Gasteiger partial charge in [0.15, 0.2) is 0 Å². The van der Waals surface area contributed by atoms with Gasteiger partial charge in [-0.2, -0.15) is 0 Å². The molecule has 0 fully saturated rings. The quantitative estimate of drug-likeness (QED) is 0.871. The molecule has 0 bridgehead atoms. The third kappa shape index (κ3) is 3.02. The number of carboxylic acid groups (broad SMARTS) is 1. The lowest BCUT2D eigenvalue weighted by Crippen LogP contribution is -2.01. The lowest BCUT2D eigenvalue weighted by atomic mass is 10.1. The van der Waals surface area contributed by atoms with E-state index in [-0.39, 0.29) is 5.56 Å². The number of hydrogen-bond acceptors (Lipinski definition) is 2. The summed E-state index contributed by atoms with van der Waals surface area (Å²) in [6.45, 7) is 5.95. The molecule has 0 amide bonds. The minimum absolute atomic E-state index is 0.145. The van der Waals surface area contributed by atoms with E-state index in [1.807, 2.05) is 26.8 Å².